The van der Waals surface area contributed by atoms with Gasteiger partial charge in [-0.15, -0.1) is 22.7 Å². The van der Waals surface area contributed by atoms with Crippen LogP contribution in [0.25, 0.3) is 0 Å². The van der Waals surface area contributed by atoms with Crippen molar-refractivity contribution >= 4 is 54.5 Å². The highest BCUT2D eigenvalue weighted by Crippen LogP contribution is 2.36. The van der Waals surface area contributed by atoms with Crippen molar-refractivity contribution in [3.05, 3.63) is 41.6 Å². The van der Waals surface area contributed by atoms with Crippen molar-refractivity contribution < 1.29 is 0 Å². The Hall–Kier alpha value is 0.320. The fourth-order valence-electron chi connectivity index (χ4n) is 1.94. The Morgan fingerprint density at radius 3 is 2.79 bits per heavy atom. The van der Waals surface area contributed by atoms with E-state index in [2.05, 4.69) is 67.7 Å². The minimum atomic E-state index is 0.453. The van der Waals surface area contributed by atoms with Crippen LogP contribution in [0.5, 0.6) is 0 Å². The fourth-order valence-corrected chi connectivity index (χ4v) is 4.86. The van der Waals surface area contributed by atoms with Gasteiger partial charge in [0.1, 0.15) is 0 Å². The molecule has 0 saturated carbocycles. The third-order valence-corrected chi connectivity index (χ3v) is 7.21. The lowest BCUT2D eigenvalue weighted by Crippen LogP contribution is -2.21. The minimum absolute atomic E-state index is 0.453. The minimum Gasteiger partial charge on any atom is -0.309 e. The Bertz CT molecular complexity index is 474. The van der Waals surface area contributed by atoms with E-state index in [1.165, 1.54) is 20.0 Å². The molecule has 19 heavy (non-hydrogen) atoms. The lowest BCUT2D eigenvalue weighted by atomic mass is 10.1. The summed E-state index contributed by atoms with van der Waals surface area (Å²) < 4.78 is 2.34. The highest BCUT2D eigenvalue weighted by Gasteiger charge is 2.15. The van der Waals surface area contributed by atoms with Gasteiger partial charge in [0, 0.05) is 20.3 Å². The highest BCUT2D eigenvalue weighted by molar-refractivity contribution is 9.13. The van der Waals surface area contributed by atoms with Crippen LogP contribution in [0.1, 0.15) is 35.6 Å². The Kier molecular flexibility index (Phi) is 6.56. The first-order chi connectivity index (χ1) is 9.20. The van der Waals surface area contributed by atoms with Gasteiger partial charge in [0.05, 0.1) is 3.79 Å². The Morgan fingerprint density at radius 1 is 1.37 bits per heavy atom. The van der Waals surface area contributed by atoms with Gasteiger partial charge in [-0.2, -0.15) is 0 Å². The number of aryl methyl sites for hydroxylation is 1. The van der Waals surface area contributed by atoms with Crippen molar-refractivity contribution in [1.82, 2.24) is 5.32 Å². The summed E-state index contributed by atoms with van der Waals surface area (Å²) in [4.78, 5) is 2.88. The van der Waals surface area contributed by atoms with Crippen LogP contribution >= 0.6 is 54.5 Å². The number of hydrogen-bond acceptors (Lipinski definition) is 3. The number of hydrogen-bond donors (Lipinski definition) is 1. The average Bonchev–Trinajstić information content (AvgIpc) is 3.01. The quantitative estimate of drug-likeness (QED) is 0.576. The van der Waals surface area contributed by atoms with Gasteiger partial charge in [0.25, 0.3) is 0 Å². The van der Waals surface area contributed by atoms with Crippen molar-refractivity contribution in [2.24, 2.45) is 0 Å². The van der Waals surface area contributed by atoms with Gasteiger partial charge in [0.15, 0.2) is 0 Å². The predicted molar refractivity (Wildman–Crippen MR) is 93.4 cm³/mol. The topological polar surface area (TPSA) is 12.0 Å². The van der Waals surface area contributed by atoms with Crippen molar-refractivity contribution in [2.45, 2.75) is 32.2 Å². The highest BCUT2D eigenvalue weighted by atomic mass is 79.9. The van der Waals surface area contributed by atoms with Crippen LogP contribution in [0.3, 0.4) is 0 Å². The van der Waals surface area contributed by atoms with E-state index in [9.17, 15) is 0 Å². The van der Waals surface area contributed by atoms with Gasteiger partial charge in [-0.1, -0.05) is 13.0 Å². The first kappa shape index (κ1) is 15.7. The van der Waals surface area contributed by atoms with Crippen LogP contribution in [0.15, 0.2) is 31.8 Å². The fraction of sp³-hybridized carbons (Fsp3) is 0.429. The van der Waals surface area contributed by atoms with Crippen LogP contribution in [-0.4, -0.2) is 6.54 Å². The molecule has 0 aliphatic heterocycles. The lowest BCUT2D eigenvalue weighted by molar-refractivity contribution is 0.507. The maximum absolute atomic E-state index is 3.66. The molecule has 2 rings (SSSR count). The summed E-state index contributed by atoms with van der Waals surface area (Å²) in [6.07, 6.45) is 3.47. The summed E-state index contributed by atoms with van der Waals surface area (Å²) in [6, 6.07) is 7.04. The van der Waals surface area contributed by atoms with E-state index in [-0.39, 0.29) is 0 Å². The van der Waals surface area contributed by atoms with E-state index < -0.39 is 0 Å². The normalized spacial score (nSPS) is 12.8. The van der Waals surface area contributed by atoms with Crippen LogP contribution < -0.4 is 5.32 Å². The largest absolute Gasteiger partial charge is 0.309 e. The molecule has 104 valence electrons. The van der Waals surface area contributed by atoms with Gasteiger partial charge < -0.3 is 5.32 Å². The Balaban J connectivity index is 2.02. The molecule has 0 aromatic carbocycles. The zero-order chi connectivity index (χ0) is 13.7. The predicted octanol–water partition coefficient (Wildman–Crippen LogP) is 6.01. The van der Waals surface area contributed by atoms with Crippen LogP contribution in [-0.2, 0) is 6.42 Å². The second-order valence-corrected chi connectivity index (χ2v) is 8.68. The second kappa shape index (κ2) is 7.93. The van der Waals surface area contributed by atoms with Gasteiger partial charge >= 0.3 is 0 Å². The SMILES string of the molecule is CCCNC(CCc1cccs1)c1cc(Br)c(Br)s1. The molecule has 1 atom stereocenters. The molecule has 2 heterocycles. The first-order valence-corrected chi connectivity index (χ1v) is 9.69. The van der Waals surface area contributed by atoms with Gasteiger partial charge in [0.2, 0.25) is 0 Å². The van der Waals surface area contributed by atoms with Crippen LogP contribution in [0, 0.1) is 0 Å². The molecule has 0 aliphatic rings. The van der Waals surface area contributed by atoms with Crippen molar-refractivity contribution in [3.63, 3.8) is 0 Å². The Morgan fingerprint density at radius 2 is 2.21 bits per heavy atom. The van der Waals surface area contributed by atoms with Crippen molar-refractivity contribution in [1.29, 1.82) is 0 Å². The van der Waals surface area contributed by atoms with E-state index in [1.807, 2.05) is 22.7 Å². The zero-order valence-corrected chi connectivity index (χ0v) is 15.6. The molecule has 1 nitrogen and oxygen atoms in total. The van der Waals surface area contributed by atoms with E-state index in [4.69, 9.17) is 0 Å². The maximum Gasteiger partial charge on any atom is 0.0843 e. The summed E-state index contributed by atoms with van der Waals surface area (Å²) in [5, 5.41) is 5.82. The van der Waals surface area contributed by atoms with Crippen molar-refractivity contribution in [3.8, 4) is 0 Å². The van der Waals surface area contributed by atoms with Gasteiger partial charge in [-0.3, -0.25) is 0 Å². The molecule has 1 unspecified atom stereocenters. The third-order valence-electron chi connectivity index (χ3n) is 2.91. The van der Waals surface area contributed by atoms with E-state index >= 15 is 0 Å². The average molecular weight is 423 g/mol. The summed E-state index contributed by atoms with van der Waals surface area (Å²) in [7, 11) is 0. The molecule has 0 amide bonds. The Labute approximate surface area is 139 Å². The zero-order valence-electron chi connectivity index (χ0n) is 10.8. The standard InChI is InChI=1S/C14H17Br2NS2/c1-2-7-17-12(6-5-10-4-3-8-18-10)13-9-11(15)14(16)19-13/h3-4,8-9,12,17H,2,5-7H2,1H3. The molecule has 0 saturated heterocycles. The molecule has 5 heteroatoms. The maximum atomic E-state index is 3.66. The number of nitrogens with one attached hydrogen (secondary N) is 1. The molecule has 0 radical (unpaired) electrons. The molecule has 1 N–H and O–H groups in total. The third kappa shape index (κ3) is 4.67. The monoisotopic (exact) mass is 421 g/mol. The first-order valence-electron chi connectivity index (χ1n) is 6.41. The molecule has 0 spiro atoms. The van der Waals surface area contributed by atoms with Crippen molar-refractivity contribution in [2.75, 3.05) is 6.54 Å². The van der Waals surface area contributed by atoms with Gasteiger partial charge in [-0.25, -0.2) is 0 Å². The molecule has 0 bridgehead atoms. The summed E-state index contributed by atoms with van der Waals surface area (Å²) in [5.74, 6) is 0. The van der Waals surface area contributed by atoms with E-state index in [0.717, 1.165) is 23.9 Å². The number of halogens is 2. The lowest BCUT2D eigenvalue weighted by Gasteiger charge is -2.16. The van der Waals surface area contributed by atoms with Gasteiger partial charge in [-0.05, 0) is 75.2 Å². The molecule has 0 aliphatic carbocycles. The molecule has 0 fully saturated rings. The summed E-state index contributed by atoms with van der Waals surface area (Å²) in [5.41, 5.74) is 0. The smallest absolute Gasteiger partial charge is 0.0843 e. The molecular weight excluding hydrogens is 406 g/mol. The molecule has 2 aromatic rings. The number of rotatable bonds is 7. The van der Waals surface area contributed by atoms with Crippen LogP contribution in [0.2, 0.25) is 0 Å². The summed E-state index contributed by atoms with van der Waals surface area (Å²) >= 11 is 10.8. The van der Waals surface area contributed by atoms with E-state index in [0.29, 0.717) is 6.04 Å². The second-order valence-electron chi connectivity index (χ2n) is 4.40. The van der Waals surface area contributed by atoms with E-state index in [1.54, 1.807) is 0 Å². The summed E-state index contributed by atoms with van der Waals surface area (Å²) in [6.45, 7) is 3.28. The molecular formula is C14H17Br2NS2. The van der Waals surface area contributed by atoms with Crippen LogP contribution in [0.4, 0.5) is 0 Å². The molecule has 2 aromatic heterocycles. The number of thiophene rings is 2.